The number of thiocarbonyl (C=S) groups is 1. The van der Waals surface area contributed by atoms with Crippen molar-refractivity contribution in [2.75, 3.05) is 4.90 Å². The molecule has 0 bridgehead atoms. The number of amides is 2. The fourth-order valence-electron chi connectivity index (χ4n) is 3.36. The van der Waals surface area contributed by atoms with Crippen LogP contribution in [0.2, 0.25) is 0 Å². The van der Waals surface area contributed by atoms with Gasteiger partial charge in [-0.25, -0.2) is 14.3 Å². The SMILES string of the molecule is Cc1ccc2nc(Sc3ccc(/C=C4\C(=O)NC(=S)N(c5ccccc5F)C4=O)o3)[nH]c2c1. The highest BCUT2D eigenvalue weighted by Crippen LogP contribution is 2.30. The number of para-hydroxylation sites is 1. The van der Waals surface area contributed by atoms with Crippen LogP contribution in [0.5, 0.6) is 0 Å². The Morgan fingerprint density at radius 2 is 1.97 bits per heavy atom. The third kappa shape index (κ3) is 4.06. The van der Waals surface area contributed by atoms with Crippen molar-refractivity contribution in [2.45, 2.75) is 17.2 Å². The number of aryl methyl sites for hydroxylation is 1. The minimum Gasteiger partial charge on any atom is -0.450 e. The van der Waals surface area contributed by atoms with Gasteiger partial charge < -0.3 is 9.40 Å². The van der Waals surface area contributed by atoms with Gasteiger partial charge in [-0.2, -0.15) is 0 Å². The van der Waals surface area contributed by atoms with Crippen molar-refractivity contribution in [3.05, 3.63) is 77.3 Å². The lowest BCUT2D eigenvalue weighted by Crippen LogP contribution is -2.54. The van der Waals surface area contributed by atoms with Crippen LogP contribution in [0.15, 0.2) is 74.8 Å². The van der Waals surface area contributed by atoms with Gasteiger partial charge in [0.25, 0.3) is 11.8 Å². The second-order valence-electron chi connectivity index (χ2n) is 7.23. The van der Waals surface area contributed by atoms with E-state index in [4.69, 9.17) is 16.6 Å². The topological polar surface area (TPSA) is 91.2 Å². The van der Waals surface area contributed by atoms with Gasteiger partial charge in [0.05, 0.1) is 16.7 Å². The van der Waals surface area contributed by atoms with Crippen LogP contribution >= 0.6 is 24.0 Å². The molecule has 2 amide bonds. The number of anilines is 1. The predicted molar refractivity (Wildman–Crippen MR) is 126 cm³/mol. The van der Waals surface area contributed by atoms with Gasteiger partial charge in [-0.15, -0.1) is 0 Å². The van der Waals surface area contributed by atoms with Crippen LogP contribution in [-0.4, -0.2) is 26.9 Å². The fourth-order valence-corrected chi connectivity index (χ4v) is 4.41. The van der Waals surface area contributed by atoms with E-state index < -0.39 is 17.6 Å². The zero-order chi connectivity index (χ0) is 23.1. The molecule has 3 heterocycles. The first-order valence-electron chi connectivity index (χ1n) is 9.79. The third-order valence-electron chi connectivity index (χ3n) is 4.90. The number of hydrogen-bond acceptors (Lipinski definition) is 6. The maximum atomic E-state index is 14.3. The van der Waals surface area contributed by atoms with Crippen LogP contribution in [0.3, 0.4) is 0 Å². The Balaban J connectivity index is 1.41. The Bertz CT molecular complexity index is 1470. The van der Waals surface area contributed by atoms with E-state index in [0.29, 0.717) is 10.2 Å². The smallest absolute Gasteiger partial charge is 0.270 e. The minimum absolute atomic E-state index is 0.0470. The average Bonchev–Trinajstić information content (AvgIpc) is 3.38. The highest BCUT2D eigenvalue weighted by Gasteiger charge is 2.35. The summed E-state index contributed by atoms with van der Waals surface area (Å²) in [5.41, 5.74) is 2.60. The second-order valence-corrected chi connectivity index (χ2v) is 8.61. The highest BCUT2D eigenvalue weighted by atomic mass is 32.2. The molecule has 1 fully saturated rings. The van der Waals surface area contributed by atoms with Gasteiger partial charge in [-0.05, 0) is 78.9 Å². The molecule has 1 aliphatic heterocycles. The number of nitrogens with zero attached hydrogens (tertiary/aromatic N) is 2. The molecule has 0 radical (unpaired) electrons. The Kier molecular flexibility index (Phi) is 5.31. The van der Waals surface area contributed by atoms with Gasteiger partial charge in [0.1, 0.15) is 17.2 Å². The van der Waals surface area contributed by atoms with Gasteiger partial charge in [0.15, 0.2) is 15.4 Å². The van der Waals surface area contributed by atoms with E-state index in [-0.39, 0.29) is 22.1 Å². The zero-order valence-electron chi connectivity index (χ0n) is 17.1. The number of aromatic amines is 1. The first kappa shape index (κ1) is 21.1. The second kappa shape index (κ2) is 8.30. The summed E-state index contributed by atoms with van der Waals surface area (Å²) in [4.78, 5) is 34.1. The summed E-state index contributed by atoms with van der Waals surface area (Å²) >= 11 is 6.37. The summed E-state index contributed by atoms with van der Waals surface area (Å²) in [6, 6.07) is 14.9. The highest BCUT2D eigenvalue weighted by molar-refractivity contribution is 7.99. The molecule has 164 valence electrons. The van der Waals surface area contributed by atoms with Crippen molar-refractivity contribution in [1.29, 1.82) is 0 Å². The van der Waals surface area contributed by atoms with Crippen molar-refractivity contribution in [2.24, 2.45) is 0 Å². The number of carbonyl (C=O) groups is 2. The Morgan fingerprint density at radius 1 is 1.15 bits per heavy atom. The number of benzene rings is 2. The molecule has 0 spiro atoms. The molecule has 0 atom stereocenters. The summed E-state index contributed by atoms with van der Waals surface area (Å²) in [6.07, 6.45) is 1.30. The number of H-pyrrole nitrogens is 1. The summed E-state index contributed by atoms with van der Waals surface area (Å²) in [6.45, 7) is 2.00. The normalized spacial score (nSPS) is 15.5. The predicted octanol–water partition coefficient (Wildman–Crippen LogP) is 4.59. The van der Waals surface area contributed by atoms with Crippen molar-refractivity contribution >= 4 is 63.7 Å². The van der Waals surface area contributed by atoms with E-state index in [1.165, 1.54) is 36.0 Å². The molecule has 0 aliphatic carbocycles. The number of carbonyl (C=O) groups excluding carboxylic acids is 2. The number of rotatable bonds is 4. The van der Waals surface area contributed by atoms with E-state index in [2.05, 4.69) is 15.3 Å². The summed E-state index contributed by atoms with van der Waals surface area (Å²) < 4.78 is 20.0. The average molecular weight is 479 g/mol. The van der Waals surface area contributed by atoms with E-state index in [1.807, 2.05) is 25.1 Å². The molecule has 2 aromatic heterocycles. The lowest BCUT2D eigenvalue weighted by Gasteiger charge is -2.28. The van der Waals surface area contributed by atoms with Crippen LogP contribution in [-0.2, 0) is 9.59 Å². The molecule has 10 heteroatoms. The van der Waals surface area contributed by atoms with Crippen LogP contribution in [0, 0.1) is 12.7 Å². The molecule has 33 heavy (non-hydrogen) atoms. The monoisotopic (exact) mass is 478 g/mol. The lowest BCUT2D eigenvalue weighted by atomic mass is 10.1. The van der Waals surface area contributed by atoms with Crippen LogP contribution < -0.4 is 10.2 Å². The number of hydrogen-bond donors (Lipinski definition) is 2. The van der Waals surface area contributed by atoms with Gasteiger partial charge >= 0.3 is 0 Å². The van der Waals surface area contributed by atoms with E-state index >= 15 is 0 Å². The van der Waals surface area contributed by atoms with Crippen LogP contribution in [0.1, 0.15) is 11.3 Å². The van der Waals surface area contributed by atoms with Crippen LogP contribution in [0.25, 0.3) is 17.1 Å². The maximum Gasteiger partial charge on any atom is 0.270 e. The van der Waals surface area contributed by atoms with Crippen LogP contribution in [0.4, 0.5) is 10.1 Å². The van der Waals surface area contributed by atoms with Gasteiger partial charge in [0, 0.05) is 0 Å². The van der Waals surface area contributed by atoms with Gasteiger partial charge in [0.2, 0.25) is 0 Å². The first-order chi connectivity index (χ1) is 15.9. The number of halogens is 1. The molecule has 2 N–H and O–H groups in total. The molecule has 0 unspecified atom stereocenters. The fraction of sp³-hybridized carbons (Fsp3) is 0.0435. The molecule has 1 aliphatic rings. The lowest BCUT2D eigenvalue weighted by molar-refractivity contribution is -0.122. The van der Waals surface area contributed by atoms with E-state index in [0.717, 1.165) is 21.5 Å². The largest absolute Gasteiger partial charge is 0.450 e. The first-order valence-corrected chi connectivity index (χ1v) is 11.0. The number of imidazole rings is 1. The molecule has 2 aromatic carbocycles. The zero-order valence-corrected chi connectivity index (χ0v) is 18.7. The Morgan fingerprint density at radius 3 is 2.79 bits per heavy atom. The van der Waals surface area contributed by atoms with Gasteiger partial charge in [-0.3, -0.25) is 14.9 Å². The standard InChI is InChI=1S/C23H15FN4O3S2/c1-12-6-8-16-17(10-12)26-22(25-16)33-19-9-7-13(31-19)11-14-20(29)27-23(32)28(21(14)30)18-5-3-2-4-15(18)24/h2-11H,1H3,(H,25,26)(H,27,29,32)/b14-11+. The molecule has 1 saturated heterocycles. The number of aromatic nitrogens is 2. The number of nitrogens with one attached hydrogen (secondary N) is 2. The Labute approximate surface area is 196 Å². The van der Waals surface area contributed by atoms with Crippen molar-refractivity contribution in [3.8, 4) is 0 Å². The molecule has 4 aromatic rings. The third-order valence-corrected chi connectivity index (χ3v) is 5.99. The number of fused-ring (bicyclic) bond motifs is 1. The molecular formula is C23H15FN4O3S2. The van der Waals surface area contributed by atoms with Crippen molar-refractivity contribution in [3.63, 3.8) is 0 Å². The molecule has 0 saturated carbocycles. The van der Waals surface area contributed by atoms with Crippen molar-refractivity contribution in [1.82, 2.24) is 15.3 Å². The molecular weight excluding hydrogens is 463 g/mol. The summed E-state index contributed by atoms with van der Waals surface area (Å²) in [5.74, 6) is -1.78. The maximum absolute atomic E-state index is 14.3. The molecule has 7 nitrogen and oxygen atoms in total. The van der Waals surface area contributed by atoms with E-state index in [1.54, 1.807) is 18.2 Å². The molecule has 5 rings (SSSR count). The van der Waals surface area contributed by atoms with Gasteiger partial charge in [-0.1, -0.05) is 18.2 Å². The van der Waals surface area contributed by atoms with Crippen molar-refractivity contribution < 1.29 is 18.4 Å². The summed E-state index contributed by atoms with van der Waals surface area (Å²) in [7, 11) is 0. The Hall–Kier alpha value is -3.76. The quantitative estimate of drug-likeness (QED) is 0.253. The number of furan rings is 1. The minimum atomic E-state index is -0.743. The van der Waals surface area contributed by atoms with E-state index in [9.17, 15) is 14.0 Å². The summed E-state index contributed by atoms with van der Waals surface area (Å²) in [5, 5.41) is 3.39.